The quantitative estimate of drug-likeness (QED) is 0.565. The molecule has 1 aliphatic heterocycles. The van der Waals surface area contributed by atoms with Crippen LogP contribution in [0.1, 0.15) is 29.9 Å². The van der Waals surface area contributed by atoms with Crippen molar-refractivity contribution in [1.29, 1.82) is 0 Å². The molecule has 2 unspecified atom stereocenters. The lowest BCUT2D eigenvalue weighted by molar-refractivity contribution is -0.161. The van der Waals surface area contributed by atoms with Gasteiger partial charge in [-0.1, -0.05) is 48.5 Å². The van der Waals surface area contributed by atoms with Gasteiger partial charge >= 0.3 is 12.1 Å². The number of likely N-dealkylation sites (tertiary alicyclic amines) is 1. The van der Waals surface area contributed by atoms with Crippen molar-refractivity contribution in [2.45, 2.75) is 30.3 Å². The SMILES string of the molecule is COCC(NC(=O)OCC1c2ccccc2-c2ccccc21)C(=O)N1CCCC1(COC)C(=O)O. The van der Waals surface area contributed by atoms with Crippen LogP contribution < -0.4 is 5.32 Å². The van der Waals surface area contributed by atoms with E-state index in [9.17, 15) is 19.5 Å². The van der Waals surface area contributed by atoms with Gasteiger partial charge < -0.3 is 29.5 Å². The molecule has 2 aromatic carbocycles. The molecule has 1 saturated heterocycles. The van der Waals surface area contributed by atoms with Gasteiger partial charge in [0.1, 0.15) is 12.6 Å². The number of amides is 2. The van der Waals surface area contributed by atoms with E-state index in [1.807, 2.05) is 48.5 Å². The number of nitrogens with zero attached hydrogens (tertiary/aromatic N) is 1. The minimum Gasteiger partial charge on any atom is -0.479 e. The van der Waals surface area contributed by atoms with Gasteiger partial charge in [-0.05, 0) is 35.1 Å². The van der Waals surface area contributed by atoms with Gasteiger partial charge in [0.15, 0.2) is 5.54 Å². The number of rotatable bonds is 9. The van der Waals surface area contributed by atoms with Crippen molar-refractivity contribution in [3.05, 3.63) is 59.7 Å². The topological polar surface area (TPSA) is 114 Å². The van der Waals surface area contributed by atoms with Crippen molar-refractivity contribution in [3.8, 4) is 11.1 Å². The van der Waals surface area contributed by atoms with E-state index in [4.69, 9.17) is 14.2 Å². The van der Waals surface area contributed by atoms with E-state index in [1.165, 1.54) is 19.1 Å². The number of ether oxygens (including phenoxy) is 3. The number of alkyl carbamates (subject to hydrolysis) is 1. The number of hydrogen-bond donors (Lipinski definition) is 2. The van der Waals surface area contributed by atoms with Crippen LogP contribution in [0, 0.1) is 0 Å². The van der Waals surface area contributed by atoms with Gasteiger partial charge in [0.25, 0.3) is 0 Å². The second kappa shape index (κ2) is 10.5. The van der Waals surface area contributed by atoms with Crippen LogP contribution in [-0.2, 0) is 23.8 Å². The van der Waals surface area contributed by atoms with E-state index in [0.29, 0.717) is 6.42 Å². The maximum absolute atomic E-state index is 13.3. The molecular weight excluding hydrogens is 452 g/mol. The molecule has 1 heterocycles. The molecule has 9 nitrogen and oxygen atoms in total. The van der Waals surface area contributed by atoms with Crippen molar-refractivity contribution in [1.82, 2.24) is 10.2 Å². The zero-order chi connectivity index (χ0) is 25.0. The third-order valence-corrected chi connectivity index (χ3v) is 6.80. The highest BCUT2D eigenvalue weighted by Crippen LogP contribution is 2.44. The van der Waals surface area contributed by atoms with Gasteiger partial charge in [-0.25, -0.2) is 9.59 Å². The normalized spacial score (nSPS) is 19.7. The molecular formula is C26H30N2O7. The Morgan fingerprint density at radius 2 is 1.69 bits per heavy atom. The number of fused-ring (bicyclic) bond motifs is 3. The average molecular weight is 483 g/mol. The minimum absolute atomic E-state index is 0.0974. The lowest BCUT2D eigenvalue weighted by Gasteiger charge is -2.36. The van der Waals surface area contributed by atoms with Gasteiger partial charge in [0.05, 0.1) is 13.2 Å². The van der Waals surface area contributed by atoms with Crippen molar-refractivity contribution in [3.63, 3.8) is 0 Å². The standard InChI is InChI=1S/C26H30N2O7/c1-33-15-22(23(29)28-13-7-12-26(28,16-34-2)24(30)31)27-25(32)35-14-21-19-10-5-3-8-17(19)18-9-4-6-11-20(18)21/h3-6,8-11,21-22H,7,12-16H2,1-2H3,(H,27,32)(H,30,31). The van der Waals surface area contributed by atoms with Crippen LogP contribution in [0.2, 0.25) is 0 Å². The second-order valence-electron chi connectivity index (χ2n) is 8.84. The highest BCUT2D eigenvalue weighted by molar-refractivity contribution is 5.92. The highest BCUT2D eigenvalue weighted by Gasteiger charge is 2.51. The van der Waals surface area contributed by atoms with E-state index in [1.54, 1.807) is 0 Å². The van der Waals surface area contributed by atoms with E-state index in [2.05, 4.69) is 5.32 Å². The molecule has 2 aromatic rings. The predicted octanol–water partition coefficient (Wildman–Crippen LogP) is 2.63. The molecule has 2 N–H and O–H groups in total. The maximum atomic E-state index is 13.3. The third kappa shape index (κ3) is 4.61. The molecule has 1 fully saturated rings. The second-order valence-corrected chi connectivity index (χ2v) is 8.84. The molecule has 35 heavy (non-hydrogen) atoms. The minimum atomic E-state index is -1.47. The number of hydrogen-bond acceptors (Lipinski definition) is 6. The molecule has 2 atom stereocenters. The van der Waals surface area contributed by atoms with Gasteiger partial charge in [0, 0.05) is 26.7 Å². The Morgan fingerprint density at radius 1 is 1.06 bits per heavy atom. The predicted molar refractivity (Wildman–Crippen MR) is 127 cm³/mol. The molecule has 0 aromatic heterocycles. The zero-order valence-electron chi connectivity index (χ0n) is 19.9. The van der Waals surface area contributed by atoms with Gasteiger partial charge in [-0.3, -0.25) is 4.79 Å². The third-order valence-electron chi connectivity index (χ3n) is 6.80. The summed E-state index contributed by atoms with van der Waals surface area (Å²) in [5, 5.41) is 12.4. The molecule has 186 valence electrons. The van der Waals surface area contributed by atoms with Crippen LogP contribution in [0.25, 0.3) is 11.1 Å². The Bertz CT molecular complexity index is 1060. The van der Waals surface area contributed by atoms with Crippen LogP contribution in [0.5, 0.6) is 0 Å². The fourth-order valence-corrected chi connectivity index (χ4v) is 5.18. The van der Waals surface area contributed by atoms with Crippen LogP contribution in [-0.4, -0.2) is 80.1 Å². The lowest BCUT2D eigenvalue weighted by Crippen LogP contribution is -2.61. The summed E-state index contributed by atoms with van der Waals surface area (Å²) < 4.78 is 15.8. The van der Waals surface area contributed by atoms with E-state index in [-0.39, 0.29) is 38.7 Å². The molecule has 1 aliphatic carbocycles. The number of carbonyl (C=O) groups excluding carboxylic acids is 2. The summed E-state index contributed by atoms with van der Waals surface area (Å²) in [5.41, 5.74) is 2.91. The van der Waals surface area contributed by atoms with Gasteiger partial charge in [-0.15, -0.1) is 0 Å². The van der Waals surface area contributed by atoms with Crippen LogP contribution in [0.4, 0.5) is 4.79 Å². The van der Waals surface area contributed by atoms with Crippen molar-refractivity contribution in [2.75, 3.05) is 40.6 Å². The first-order chi connectivity index (χ1) is 16.9. The Labute approximate surface area is 204 Å². The van der Waals surface area contributed by atoms with Crippen LogP contribution in [0.3, 0.4) is 0 Å². The first-order valence-electron chi connectivity index (χ1n) is 11.6. The van der Waals surface area contributed by atoms with E-state index < -0.39 is 29.6 Å². The fourth-order valence-electron chi connectivity index (χ4n) is 5.18. The van der Waals surface area contributed by atoms with Crippen LogP contribution in [0.15, 0.2) is 48.5 Å². The monoisotopic (exact) mass is 482 g/mol. The summed E-state index contributed by atoms with van der Waals surface area (Å²) in [6.07, 6.45) is 0.0210. The number of carboxylic acids is 1. The number of benzene rings is 2. The molecule has 0 radical (unpaired) electrons. The summed E-state index contributed by atoms with van der Waals surface area (Å²) >= 11 is 0. The Morgan fingerprint density at radius 3 is 2.26 bits per heavy atom. The number of carboxylic acid groups (broad SMARTS) is 1. The zero-order valence-corrected chi connectivity index (χ0v) is 19.9. The molecule has 4 rings (SSSR count). The Hall–Kier alpha value is -3.43. The van der Waals surface area contributed by atoms with Gasteiger partial charge in [-0.2, -0.15) is 0 Å². The number of carbonyl (C=O) groups is 3. The number of methoxy groups -OCH3 is 2. The molecule has 0 saturated carbocycles. The molecule has 2 aliphatic rings. The molecule has 0 spiro atoms. The smallest absolute Gasteiger partial charge is 0.407 e. The van der Waals surface area contributed by atoms with E-state index >= 15 is 0 Å². The van der Waals surface area contributed by atoms with Crippen LogP contribution >= 0.6 is 0 Å². The van der Waals surface area contributed by atoms with Crippen molar-refractivity contribution >= 4 is 18.0 Å². The Balaban J connectivity index is 1.45. The Kier molecular flexibility index (Phi) is 7.37. The maximum Gasteiger partial charge on any atom is 0.407 e. The lowest BCUT2D eigenvalue weighted by atomic mass is 9.96. The van der Waals surface area contributed by atoms with Gasteiger partial charge in [0.2, 0.25) is 5.91 Å². The molecule has 2 amide bonds. The first-order valence-corrected chi connectivity index (χ1v) is 11.6. The fraction of sp³-hybridized carbons (Fsp3) is 0.423. The average Bonchev–Trinajstić information content (AvgIpc) is 3.42. The van der Waals surface area contributed by atoms with E-state index in [0.717, 1.165) is 22.3 Å². The molecule has 0 bridgehead atoms. The summed E-state index contributed by atoms with van der Waals surface area (Å²) in [6.45, 7) is 0.0855. The van der Waals surface area contributed by atoms with Crippen molar-refractivity contribution in [2.24, 2.45) is 0 Å². The highest BCUT2D eigenvalue weighted by atomic mass is 16.5. The summed E-state index contributed by atoms with van der Waals surface area (Å²) in [5.74, 6) is -1.80. The summed E-state index contributed by atoms with van der Waals surface area (Å²) in [4.78, 5) is 39.4. The number of aliphatic carboxylic acids is 1. The summed E-state index contributed by atoms with van der Waals surface area (Å²) in [6, 6.07) is 14.9. The largest absolute Gasteiger partial charge is 0.479 e. The number of nitrogens with one attached hydrogen (secondary N) is 1. The summed E-state index contributed by atoms with van der Waals surface area (Å²) in [7, 11) is 2.80. The first kappa shape index (κ1) is 24.7. The van der Waals surface area contributed by atoms with Crippen molar-refractivity contribution < 1.29 is 33.7 Å². The molecule has 9 heteroatoms.